The Labute approximate surface area is 86.5 Å². The topological polar surface area (TPSA) is 55.5 Å². The van der Waals surface area contributed by atoms with E-state index in [4.69, 9.17) is 15.6 Å². The Morgan fingerprint density at radius 1 is 1.33 bits per heavy atom. The van der Waals surface area contributed by atoms with Gasteiger partial charge in [-0.3, -0.25) is 0 Å². The van der Waals surface area contributed by atoms with Gasteiger partial charge in [0.2, 0.25) is 0 Å². The van der Waals surface area contributed by atoms with Crippen LogP contribution in [0, 0.1) is 11.6 Å². The van der Waals surface area contributed by atoms with Crippen molar-refractivity contribution in [3.63, 3.8) is 0 Å². The van der Waals surface area contributed by atoms with E-state index in [1.165, 1.54) is 6.07 Å². The lowest BCUT2D eigenvalue weighted by Gasteiger charge is -2.10. The summed E-state index contributed by atoms with van der Waals surface area (Å²) in [6.07, 6.45) is 0.338. The highest BCUT2D eigenvalue weighted by molar-refractivity contribution is 5.25. The van der Waals surface area contributed by atoms with Crippen molar-refractivity contribution >= 4 is 0 Å². The van der Waals surface area contributed by atoms with Gasteiger partial charge in [-0.1, -0.05) is 6.07 Å². The van der Waals surface area contributed by atoms with Crippen LogP contribution in [0.1, 0.15) is 6.42 Å². The van der Waals surface area contributed by atoms with Crippen molar-refractivity contribution in [3.8, 4) is 5.75 Å². The second kappa shape index (κ2) is 5.63. The summed E-state index contributed by atoms with van der Waals surface area (Å²) in [7, 11) is 0. The molecule has 0 saturated carbocycles. The lowest BCUT2D eigenvalue weighted by Crippen LogP contribution is -2.26. The van der Waals surface area contributed by atoms with E-state index in [1.54, 1.807) is 0 Å². The number of ether oxygens (including phenoxy) is 1. The Bertz CT molecular complexity index is 300. The van der Waals surface area contributed by atoms with Gasteiger partial charge < -0.3 is 15.6 Å². The number of para-hydroxylation sites is 1. The molecule has 5 heteroatoms. The van der Waals surface area contributed by atoms with Crippen LogP contribution in [0.5, 0.6) is 5.75 Å². The zero-order chi connectivity index (χ0) is 11.3. The molecule has 0 aliphatic rings. The van der Waals surface area contributed by atoms with Crippen molar-refractivity contribution in [2.45, 2.75) is 12.5 Å². The van der Waals surface area contributed by atoms with Crippen LogP contribution in [0.3, 0.4) is 0 Å². The molecule has 0 amide bonds. The maximum absolute atomic E-state index is 13.0. The molecule has 0 spiro atoms. The first-order valence-electron chi connectivity index (χ1n) is 4.58. The zero-order valence-electron chi connectivity index (χ0n) is 8.12. The monoisotopic (exact) mass is 217 g/mol. The van der Waals surface area contributed by atoms with Crippen LogP contribution >= 0.6 is 0 Å². The van der Waals surface area contributed by atoms with Crippen LogP contribution in [0.25, 0.3) is 0 Å². The lowest BCUT2D eigenvalue weighted by molar-refractivity contribution is 0.222. The second-order valence-corrected chi connectivity index (χ2v) is 3.13. The summed E-state index contributed by atoms with van der Waals surface area (Å²) in [5, 5.41) is 8.61. The summed E-state index contributed by atoms with van der Waals surface area (Å²) in [5.41, 5.74) is 5.40. The molecule has 1 aromatic rings. The molecule has 1 atom stereocenters. The van der Waals surface area contributed by atoms with Crippen LogP contribution in [-0.4, -0.2) is 24.4 Å². The lowest BCUT2D eigenvalue weighted by atomic mass is 10.2. The fourth-order valence-corrected chi connectivity index (χ4v) is 1.02. The van der Waals surface area contributed by atoms with Crippen molar-refractivity contribution in [1.82, 2.24) is 0 Å². The standard InChI is InChI=1S/C10H13F2NO2/c11-8-2-1-3-9(12)10(8)15-5-4-7(13)6-14/h1-3,7,14H,4-6,13H2. The summed E-state index contributed by atoms with van der Waals surface area (Å²) >= 11 is 0. The smallest absolute Gasteiger partial charge is 0.190 e. The first-order valence-corrected chi connectivity index (χ1v) is 4.58. The predicted molar refractivity (Wildman–Crippen MR) is 51.5 cm³/mol. The van der Waals surface area contributed by atoms with Crippen LogP contribution in [0.2, 0.25) is 0 Å². The van der Waals surface area contributed by atoms with Crippen molar-refractivity contribution in [1.29, 1.82) is 0 Å². The van der Waals surface area contributed by atoms with E-state index < -0.39 is 23.4 Å². The third-order valence-electron chi connectivity index (χ3n) is 1.89. The Morgan fingerprint density at radius 3 is 2.47 bits per heavy atom. The molecule has 3 N–H and O–H groups in total. The number of aliphatic hydroxyl groups is 1. The molecule has 1 rings (SSSR count). The molecule has 0 bridgehead atoms. The van der Waals surface area contributed by atoms with Crippen molar-refractivity contribution in [2.75, 3.05) is 13.2 Å². The molecule has 3 nitrogen and oxygen atoms in total. The fourth-order valence-electron chi connectivity index (χ4n) is 1.02. The molecule has 0 heterocycles. The second-order valence-electron chi connectivity index (χ2n) is 3.13. The number of hydrogen-bond donors (Lipinski definition) is 2. The normalized spacial score (nSPS) is 12.5. The largest absolute Gasteiger partial charge is 0.488 e. The summed E-state index contributed by atoms with van der Waals surface area (Å²) in [5.74, 6) is -1.89. The molecule has 1 aromatic carbocycles. The van der Waals surface area contributed by atoms with Gasteiger partial charge in [0.1, 0.15) is 0 Å². The molecule has 0 radical (unpaired) electrons. The summed E-state index contributed by atoms with van der Waals surface area (Å²) in [6, 6.07) is 3.06. The first-order chi connectivity index (χ1) is 7.15. The van der Waals surface area contributed by atoms with Gasteiger partial charge in [-0.2, -0.15) is 0 Å². The molecule has 0 aliphatic heterocycles. The van der Waals surface area contributed by atoms with Crippen LogP contribution in [0.4, 0.5) is 8.78 Å². The quantitative estimate of drug-likeness (QED) is 0.775. The van der Waals surface area contributed by atoms with Gasteiger partial charge in [-0.25, -0.2) is 8.78 Å². The van der Waals surface area contributed by atoms with Gasteiger partial charge in [-0.05, 0) is 18.6 Å². The number of hydrogen-bond acceptors (Lipinski definition) is 3. The minimum Gasteiger partial charge on any atom is -0.488 e. The first kappa shape index (κ1) is 11.9. The molecule has 0 aromatic heterocycles. The van der Waals surface area contributed by atoms with E-state index in [1.807, 2.05) is 0 Å². The minimum absolute atomic E-state index is 0.0690. The molecule has 0 aliphatic carbocycles. The molecule has 0 saturated heterocycles. The third-order valence-corrected chi connectivity index (χ3v) is 1.89. The van der Waals surface area contributed by atoms with Gasteiger partial charge in [0.05, 0.1) is 13.2 Å². The highest BCUT2D eigenvalue weighted by Crippen LogP contribution is 2.20. The van der Waals surface area contributed by atoms with Crippen LogP contribution in [-0.2, 0) is 0 Å². The van der Waals surface area contributed by atoms with Gasteiger partial charge in [-0.15, -0.1) is 0 Å². The van der Waals surface area contributed by atoms with E-state index in [9.17, 15) is 8.78 Å². The number of halogens is 2. The SMILES string of the molecule is NC(CO)CCOc1c(F)cccc1F. The number of nitrogens with two attached hydrogens (primary N) is 1. The fraction of sp³-hybridized carbons (Fsp3) is 0.400. The maximum Gasteiger partial charge on any atom is 0.190 e. The summed E-state index contributed by atoms with van der Waals surface area (Å²) in [4.78, 5) is 0. The predicted octanol–water partition coefficient (Wildman–Crippen LogP) is 1.05. The Hall–Kier alpha value is -1.20. The van der Waals surface area contributed by atoms with Crippen molar-refractivity contribution < 1.29 is 18.6 Å². The third kappa shape index (κ3) is 3.45. The Morgan fingerprint density at radius 2 is 1.93 bits per heavy atom. The number of benzene rings is 1. The van der Waals surface area contributed by atoms with E-state index in [0.717, 1.165) is 12.1 Å². The minimum atomic E-state index is -0.743. The van der Waals surface area contributed by atoms with E-state index in [2.05, 4.69) is 0 Å². The van der Waals surface area contributed by atoms with E-state index in [-0.39, 0.29) is 13.2 Å². The molecule has 15 heavy (non-hydrogen) atoms. The van der Waals surface area contributed by atoms with Gasteiger partial charge in [0.15, 0.2) is 17.4 Å². The van der Waals surface area contributed by atoms with E-state index in [0.29, 0.717) is 6.42 Å². The molecular weight excluding hydrogens is 204 g/mol. The van der Waals surface area contributed by atoms with Gasteiger partial charge >= 0.3 is 0 Å². The molecule has 84 valence electrons. The van der Waals surface area contributed by atoms with Crippen LogP contribution in [0.15, 0.2) is 18.2 Å². The Kier molecular flexibility index (Phi) is 4.45. The summed E-state index contributed by atoms with van der Waals surface area (Å²) < 4.78 is 30.9. The van der Waals surface area contributed by atoms with Crippen LogP contribution < -0.4 is 10.5 Å². The van der Waals surface area contributed by atoms with Crippen molar-refractivity contribution in [2.24, 2.45) is 5.73 Å². The summed E-state index contributed by atoms with van der Waals surface area (Å²) in [6.45, 7) is -0.108. The average molecular weight is 217 g/mol. The average Bonchev–Trinajstić information content (AvgIpc) is 2.22. The molecule has 1 unspecified atom stereocenters. The number of aliphatic hydroxyl groups excluding tert-OH is 1. The van der Waals surface area contributed by atoms with Crippen molar-refractivity contribution in [3.05, 3.63) is 29.8 Å². The highest BCUT2D eigenvalue weighted by atomic mass is 19.1. The van der Waals surface area contributed by atoms with E-state index >= 15 is 0 Å². The van der Waals surface area contributed by atoms with Gasteiger partial charge in [0.25, 0.3) is 0 Å². The van der Waals surface area contributed by atoms with Gasteiger partial charge in [0, 0.05) is 6.04 Å². The maximum atomic E-state index is 13.0. The number of rotatable bonds is 5. The molecular formula is C10H13F2NO2. The Balaban J connectivity index is 2.50. The zero-order valence-corrected chi connectivity index (χ0v) is 8.12. The molecule has 0 fully saturated rings. The highest BCUT2D eigenvalue weighted by Gasteiger charge is 2.09.